The summed E-state index contributed by atoms with van der Waals surface area (Å²) in [5.74, 6) is -3.23. The number of ketones is 1. The molecular weight excluding hydrogens is 362 g/mol. The molecule has 1 aromatic carbocycles. The molecule has 140 valence electrons. The molecule has 1 fully saturated rings. The summed E-state index contributed by atoms with van der Waals surface area (Å²) < 4.78 is 9.87. The fourth-order valence-electron chi connectivity index (χ4n) is 2.65. The predicted molar refractivity (Wildman–Crippen MR) is 92.8 cm³/mol. The third kappa shape index (κ3) is 4.22. The molecular formula is C18H20ClNO6. The number of likely N-dealkylation sites (tertiary alicyclic amines) is 1. The van der Waals surface area contributed by atoms with Gasteiger partial charge in [0.1, 0.15) is 17.6 Å². The van der Waals surface area contributed by atoms with Crippen molar-refractivity contribution >= 4 is 35.4 Å². The third-order valence-corrected chi connectivity index (χ3v) is 4.07. The monoisotopic (exact) mass is 381 g/mol. The number of carbonyl (C=O) groups is 4. The van der Waals surface area contributed by atoms with E-state index in [9.17, 15) is 19.2 Å². The van der Waals surface area contributed by atoms with Crippen molar-refractivity contribution in [3.05, 3.63) is 34.9 Å². The third-order valence-electron chi connectivity index (χ3n) is 3.81. The lowest BCUT2D eigenvalue weighted by molar-refractivity contribution is -0.148. The average Bonchev–Trinajstić information content (AvgIpc) is 2.90. The molecule has 2 atom stereocenters. The van der Waals surface area contributed by atoms with Gasteiger partial charge in [-0.15, -0.1) is 0 Å². The standard InChI is InChI=1S/C18H20ClNO6/c1-18(2,3)26-17(24)20-13(16(23)25-4)9-12(15(20)22)14(21)10-5-7-11(19)8-6-10/h5-8,12-13H,9H2,1-4H3/t12?,13-/m0/s1. The second-order valence-electron chi connectivity index (χ2n) is 6.89. The highest BCUT2D eigenvalue weighted by Crippen LogP contribution is 2.30. The first-order valence-electron chi connectivity index (χ1n) is 7.99. The lowest BCUT2D eigenvalue weighted by atomic mass is 9.94. The molecule has 0 radical (unpaired) electrons. The summed E-state index contributed by atoms with van der Waals surface area (Å²) >= 11 is 5.81. The Morgan fingerprint density at radius 1 is 1.15 bits per heavy atom. The number of esters is 1. The zero-order chi connectivity index (χ0) is 19.6. The van der Waals surface area contributed by atoms with Crippen LogP contribution in [0.25, 0.3) is 0 Å². The van der Waals surface area contributed by atoms with Crippen LogP contribution >= 0.6 is 11.6 Å². The molecule has 0 N–H and O–H groups in total. The molecule has 2 rings (SSSR count). The Morgan fingerprint density at radius 3 is 2.23 bits per heavy atom. The van der Waals surface area contributed by atoms with Gasteiger partial charge in [0.05, 0.1) is 7.11 Å². The number of benzene rings is 1. The Kier molecular flexibility index (Phi) is 5.71. The second-order valence-corrected chi connectivity index (χ2v) is 7.32. The van der Waals surface area contributed by atoms with E-state index < -0.39 is 41.3 Å². The maximum atomic E-state index is 12.7. The smallest absolute Gasteiger partial charge is 0.417 e. The van der Waals surface area contributed by atoms with Crippen molar-refractivity contribution in [2.75, 3.05) is 7.11 Å². The summed E-state index contributed by atoms with van der Waals surface area (Å²) in [6, 6.07) is 4.82. The summed E-state index contributed by atoms with van der Waals surface area (Å²) in [6.45, 7) is 4.90. The van der Waals surface area contributed by atoms with Crippen molar-refractivity contribution < 1.29 is 28.7 Å². The van der Waals surface area contributed by atoms with Crippen LogP contribution in [0.2, 0.25) is 5.02 Å². The van der Waals surface area contributed by atoms with Crippen molar-refractivity contribution in [3.63, 3.8) is 0 Å². The highest BCUT2D eigenvalue weighted by molar-refractivity contribution is 6.30. The number of methoxy groups -OCH3 is 1. The molecule has 8 heteroatoms. The molecule has 0 aliphatic carbocycles. The summed E-state index contributed by atoms with van der Waals surface area (Å²) in [4.78, 5) is 50.5. The van der Waals surface area contributed by atoms with Gasteiger partial charge in [-0.05, 0) is 51.5 Å². The molecule has 0 bridgehead atoms. The molecule has 7 nitrogen and oxygen atoms in total. The van der Waals surface area contributed by atoms with Gasteiger partial charge in [-0.2, -0.15) is 0 Å². The van der Waals surface area contributed by atoms with Crippen molar-refractivity contribution in [2.24, 2.45) is 5.92 Å². The molecule has 1 aliphatic heterocycles. The van der Waals surface area contributed by atoms with Crippen LogP contribution in [0.1, 0.15) is 37.6 Å². The van der Waals surface area contributed by atoms with E-state index in [2.05, 4.69) is 4.74 Å². The summed E-state index contributed by atoms with van der Waals surface area (Å²) in [6.07, 6.45) is -1.14. The molecule has 0 spiro atoms. The zero-order valence-electron chi connectivity index (χ0n) is 14.9. The predicted octanol–water partition coefficient (Wildman–Crippen LogP) is 2.85. The quantitative estimate of drug-likeness (QED) is 0.454. The van der Waals surface area contributed by atoms with Crippen LogP contribution in [0.4, 0.5) is 4.79 Å². The Hall–Kier alpha value is -2.41. The average molecular weight is 382 g/mol. The van der Waals surface area contributed by atoms with Crippen molar-refractivity contribution in [2.45, 2.75) is 38.8 Å². The Labute approximate surface area is 156 Å². The number of carbonyl (C=O) groups excluding carboxylic acids is 4. The zero-order valence-corrected chi connectivity index (χ0v) is 15.7. The Bertz CT molecular complexity index is 737. The molecule has 1 heterocycles. The van der Waals surface area contributed by atoms with Crippen LogP contribution in [0.3, 0.4) is 0 Å². The molecule has 2 amide bonds. The lowest BCUT2D eigenvalue weighted by Crippen LogP contribution is -2.46. The number of Topliss-reactive ketones (excluding diaryl/α,β-unsaturated/α-hetero) is 1. The van der Waals surface area contributed by atoms with Crippen molar-refractivity contribution in [3.8, 4) is 0 Å². The highest BCUT2D eigenvalue weighted by Gasteiger charge is 2.51. The van der Waals surface area contributed by atoms with Crippen LogP contribution < -0.4 is 0 Å². The van der Waals surface area contributed by atoms with Gasteiger partial charge in [-0.1, -0.05) is 11.6 Å². The normalized spacial score (nSPS) is 20.0. The Morgan fingerprint density at radius 2 is 1.73 bits per heavy atom. The van der Waals surface area contributed by atoms with Gasteiger partial charge in [0, 0.05) is 10.6 Å². The van der Waals surface area contributed by atoms with E-state index in [-0.39, 0.29) is 12.0 Å². The van der Waals surface area contributed by atoms with Crippen molar-refractivity contribution in [1.82, 2.24) is 4.90 Å². The second kappa shape index (κ2) is 7.45. The maximum absolute atomic E-state index is 12.7. The number of halogens is 1. The van der Waals surface area contributed by atoms with Gasteiger partial charge in [0.25, 0.3) is 0 Å². The van der Waals surface area contributed by atoms with Gasteiger partial charge in [-0.25, -0.2) is 14.5 Å². The van der Waals surface area contributed by atoms with Crippen LogP contribution in [0, 0.1) is 5.92 Å². The minimum absolute atomic E-state index is 0.161. The minimum atomic E-state index is -1.20. The van der Waals surface area contributed by atoms with Gasteiger partial charge in [0.15, 0.2) is 5.78 Å². The fourth-order valence-corrected chi connectivity index (χ4v) is 2.78. The van der Waals surface area contributed by atoms with Crippen LogP contribution in [-0.2, 0) is 19.1 Å². The molecule has 1 unspecified atom stereocenters. The number of rotatable bonds is 3. The Balaban J connectivity index is 2.31. The number of hydrogen-bond donors (Lipinski definition) is 0. The van der Waals surface area contributed by atoms with E-state index in [1.165, 1.54) is 24.3 Å². The van der Waals surface area contributed by atoms with E-state index >= 15 is 0 Å². The van der Waals surface area contributed by atoms with Crippen molar-refractivity contribution in [1.29, 1.82) is 0 Å². The largest absolute Gasteiger partial charge is 0.467 e. The van der Waals surface area contributed by atoms with E-state index in [1.807, 2.05) is 0 Å². The summed E-state index contributed by atoms with van der Waals surface area (Å²) in [7, 11) is 1.15. The molecule has 0 aromatic heterocycles. The van der Waals surface area contributed by atoms with E-state index in [1.54, 1.807) is 20.8 Å². The lowest BCUT2D eigenvalue weighted by Gasteiger charge is -2.26. The highest BCUT2D eigenvalue weighted by atomic mass is 35.5. The SMILES string of the molecule is COC(=O)[C@@H]1CC(C(=O)c2ccc(Cl)cc2)C(=O)N1C(=O)OC(C)(C)C. The van der Waals surface area contributed by atoms with Crippen LogP contribution in [-0.4, -0.2) is 47.4 Å². The van der Waals surface area contributed by atoms with Crippen LogP contribution in [0.5, 0.6) is 0 Å². The van der Waals surface area contributed by atoms with Crippen LogP contribution in [0.15, 0.2) is 24.3 Å². The molecule has 1 saturated heterocycles. The van der Waals surface area contributed by atoms with E-state index in [0.717, 1.165) is 7.11 Å². The van der Waals surface area contributed by atoms with Gasteiger partial charge < -0.3 is 9.47 Å². The maximum Gasteiger partial charge on any atom is 0.417 e. The number of ether oxygens (including phenoxy) is 2. The number of amides is 2. The number of imide groups is 1. The molecule has 26 heavy (non-hydrogen) atoms. The van der Waals surface area contributed by atoms with E-state index in [4.69, 9.17) is 16.3 Å². The number of nitrogens with zero attached hydrogens (tertiary/aromatic N) is 1. The van der Waals surface area contributed by atoms with Gasteiger partial charge >= 0.3 is 12.1 Å². The molecule has 0 saturated carbocycles. The first-order chi connectivity index (χ1) is 12.0. The number of hydrogen-bond acceptors (Lipinski definition) is 6. The fraction of sp³-hybridized carbons (Fsp3) is 0.444. The van der Waals surface area contributed by atoms with E-state index in [0.29, 0.717) is 9.92 Å². The van der Waals surface area contributed by atoms with Gasteiger partial charge in [0.2, 0.25) is 5.91 Å². The first kappa shape index (κ1) is 19.9. The first-order valence-corrected chi connectivity index (χ1v) is 8.36. The molecule has 1 aliphatic rings. The minimum Gasteiger partial charge on any atom is -0.467 e. The summed E-state index contributed by atoms with van der Waals surface area (Å²) in [5, 5.41) is 0.446. The summed E-state index contributed by atoms with van der Waals surface area (Å²) in [5.41, 5.74) is -0.599. The topological polar surface area (TPSA) is 90.0 Å². The molecule has 1 aromatic rings. The van der Waals surface area contributed by atoms with Gasteiger partial charge in [-0.3, -0.25) is 9.59 Å².